The molecule has 4 nitrogen and oxygen atoms in total. The van der Waals surface area contributed by atoms with Crippen LogP contribution in [-0.4, -0.2) is 31.6 Å². The van der Waals surface area contributed by atoms with E-state index in [1.807, 2.05) is 23.1 Å². The zero-order valence-electron chi connectivity index (χ0n) is 13.3. The lowest BCUT2D eigenvalue weighted by molar-refractivity contribution is -0.130. The van der Waals surface area contributed by atoms with E-state index in [1.54, 1.807) is 21.1 Å². The summed E-state index contributed by atoms with van der Waals surface area (Å²) in [5.41, 5.74) is 1.10. The fourth-order valence-electron chi connectivity index (χ4n) is 2.05. The lowest BCUT2D eigenvalue weighted by Crippen LogP contribution is -2.35. The van der Waals surface area contributed by atoms with E-state index in [9.17, 15) is 4.79 Å². The maximum atomic E-state index is 11.8. The average Bonchev–Trinajstić information content (AvgIpc) is 2.36. The first-order valence-electron chi connectivity index (χ1n) is 6.73. The minimum atomic E-state index is 0.0717. The molecule has 0 aliphatic carbocycles. The largest absolute Gasteiger partial charge is 0.493 e. The standard InChI is InChI=1S/C16H25NO3/c1-12(18)17(11-16(2,3)4)10-13-7-8-14(19-5)15(9-13)20-6/h7-9H,10-11H2,1-6H3. The zero-order valence-corrected chi connectivity index (χ0v) is 13.3. The van der Waals surface area contributed by atoms with E-state index in [0.29, 0.717) is 18.0 Å². The molecule has 1 aromatic carbocycles. The van der Waals surface area contributed by atoms with Crippen molar-refractivity contribution in [3.63, 3.8) is 0 Å². The molecule has 0 aliphatic heterocycles. The molecular weight excluding hydrogens is 254 g/mol. The number of amides is 1. The predicted octanol–water partition coefficient (Wildman–Crippen LogP) is 3.10. The van der Waals surface area contributed by atoms with Gasteiger partial charge in [0.2, 0.25) is 5.91 Å². The van der Waals surface area contributed by atoms with E-state index in [4.69, 9.17) is 9.47 Å². The highest BCUT2D eigenvalue weighted by atomic mass is 16.5. The zero-order chi connectivity index (χ0) is 15.3. The van der Waals surface area contributed by atoms with E-state index >= 15 is 0 Å². The van der Waals surface area contributed by atoms with E-state index in [2.05, 4.69) is 20.8 Å². The molecule has 0 bridgehead atoms. The maximum absolute atomic E-state index is 11.8. The first kappa shape index (κ1) is 16.3. The summed E-state index contributed by atoms with van der Waals surface area (Å²) < 4.78 is 10.5. The van der Waals surface area contributed by atoms with E-state index in [1.165, 1.54) is 0 Å². The number of nitrogens with zero attached hydrogens (tertiary/aromatic N) is 1. The molecule has 0 radical (unpaired) electrons. The Morgan fingerprint density at radius 2 is 1.75 bits per heavy atom. The minimum Gasteiger partial charge on any atom is -0.493 e. The van der Waals surface area contributed by atoms with Gasteiger partial charge in [-0.25, -0.2) is 0 Å². The quantitative estimate of drug-likeness (QED) is 0.831. The normalized spacial score (nSPS) is 11.1. The van der Waals surface area contributed by atoms with Crippen molar-refractivity contribution in [1.82, 2.24) is 4.90 Å². The molecule has 0 aromatic heterocycles. The highest BCUT2D eigenvalue weighted by molar-refractivity contribution is 5.73. The summed E-state index contributed by atoms with van der Waals surface area (Å²) in [4.78, 5) is 13.6. The second-order valence-electron chi connectivity index (χ2n) is 6.13. The molecular formula is C16H25NO3. The third-order valence-electron chi connectivity index (χ3n) is 2.93. The van der Waals surface area contributed by atoms with Gasteiger partial charge in [-0.2, -0.15) is 0 Å². The number of benzene rings is 1. The van der Waals surface area contributed by atoms with Gasteiger partial charge < -0.3 is 14.4 Å². The Kier molecular flexibility index (Phi) is 5.43. The van der Waals surface area contributed by atoms with Crippen molar-refractivity contribution in [2.24, 2.45) is 5.41 Å². The van der Waals surface area contributed by atoms with Gasteiger partial charge >= 0.3 is 0 Å². The third kappa shape index (κ3) is 4.76. The molecule has 0 aliphatic rings. The summed E-state index contributed by atoms with van der Waals surface area (Å²) in [5.74, 6) is 1.46. The van der Waals surface area contributed by atoms with Gasteiger partial charge in [0.1, 0.15) is 0 Å². The van der Waals surface area contributed by atoms with Crippen LogP contribution in [0.3, 0.4) is 0 Å². The Morgan fingerprint density at radius 1 is 1.15 bits per heavy atom. The van der Waals surface area contributed by atoms with Crippen LogP contribution < -0.4 is 9.47 Å². The topological polar surface area (TPSA) is 38.8 Å². The highest BCUT2D eigenvalue weighted by Gasteiger charge is 2.19. The van der Waals surface area contributed by atoms with Crippen LogP contribution in [0.5, 0.6) is 11.5 Å². The molecule has 0 atom stereocenters. The predicted molar refractivity (Wildman–Crippen MR) is 80.1 cm³/mol. The monoisotopic (exact) mass is 279 g/mol. The van der Waals surface area contributed by atoms with Gasteiger partial charge in [0.05, 0.1) is 14.2 Å². The fourth-order valence-corrected chi connectivity index (χ4v) is 2.05. The number of ether oxygens (including phenoxy) is 2. The van der Waals surface area contributed by atoms with Crippen LogP contribution >= 0.6 is 0 Å². The summed E-state index contributed by atoms with van der Waals surface area (Å²) in [6.07, 6.45) is 0. The Labute approximate surface area is 121 Å². The van der Waals surface area contributed by atoms with Gasteiger partial charge in [-0.3, -0.25) is 4.79 Å². The van der Waals surface area contributed by atoms with Crippen molar-refractivity contribution in [3.8, 4) is 11.5 Å². The summed E-state index contributed by atoms with van der Waals surface area (Å²) in [5, 5.41) is 0. The van der Waals surface area contributed by atoms with Gasteiger partial charge in [0, 0.05) is 20.0 Å². The number of methoxy groups -OCH3 is 2. The summed E-state index contributed by atoms with van der Waals surface area (Å²) >= 11 is 0. The molecule has 0 spiro atoms. The number of carbonyl (C=O) groups is 1. The smallest absolute Gasteiger partial charge is 0.219 e. The van der Waals surface area contributed by atoms with Crippen LogP contribution in [0.1, 0.15) is 33.3 Å². The molecule has 0 unspecified atom stereocenters. The molecule has 0 saturated carbocycles. The minimum absolute atomic E-state index is 0.0717. The number of hydrogen-bond donors (Lipinski definition) is 0. The van der Waals surface area contributed by atoms with Crippen molar-refractivity contribution < 1.29 is 14.3 Å². The average molecular weight is 279 g/mol. The second kappa shape index (κ2) is 6.64. The van der Waals surface area contributed by atoms with Crippen molar-refractivity contribution in [3.05, 3.63) is 23.8 Å². The first-order valence-corrected chi connectivity index (χ1v) is 6.73. The van der Waals surface area contributed by atoms with Crippen LogP contribution in [-0.2, 0) is 11.3 Å². The highest BCUT2D eigenvalue weighted by Crippen LogP contribution is 2.28. The number of carbonyl (C=O) groups excluding carboxylic acids is 1. The second-order valence-corrected chi connectivity index (χ2v) is 6.13. The van der Waals surface area contributed by atoms with Crippen LogP contribution in [0.15, 0.2) is 18.2 Å². The first-order chi connectivity index (χ1) is 9.26. The van der Waals surface area contributed by atoms with Crippen LogP contribution in [0.4, 0.5) is 0 Å². The van der Waals surface area contributed by atoms with Gasteiger partial charge in [-0.15, -0.1) is 0 Å². The number of hydrogen-bond acceptors (Lipinski definition) is 3. The summed E-state index contributed by atoms with van der Waals surface area (Å²) in [6.45, 7) is 9.27. The molecule has 20 heavy (non-hydrogen) atoms. The van der Waals surface area contributed by atoms with Gasteiger partial charge in [0.15, 0.2) is 11.5 Å². The Balaban J connectivity index is 2.91. The molecule has 1 aromatic rings. The molecule has 1 amide bonds. The van der Waals surface area contributed by atoms with Gasteiger partial charge in [-0.1, -0.05) is 26.8 Å². The van der Waals surface area contributed by atoms with Crippen LogP contribution in [0, 0.1) is 5.41 Å². The summed E-state index contributed by atoms with van der Waals surface area (Å²) in [7, 11) is 3.22. The lowest BCUT2D eigenvalue weighted by atomic mass is 9.95. The van der Waals surface area contributed by atoms with Crippen LogP contribution in [0.25, 0.3) is 0 Å². The van der Waals surface area contributed by atoms with E-state index < -0.39 is 0 Å². The fraction of sp³-hybridized carbons (Fsp3) is 0.562. The molecule has 112 valence electrons. The van der Waals surface area contributed by atoms with Crippen molar-refractivity contribution in [1.29, 1.82) is 0 Å². The summed E-state index contributed by atoms with van der Waals surface area (Å²) in [6, 6.07) is 5.74. The Hall–Kier alpha value is -1.71. The maximum Gasteiger partial charge on any atom is 0.219 e. The molecule has 1 rings (SSSR count). The Bertz CT molecular complexity index is 463. The number of rotatable bonds is 5. The molecule has 0 saturated heterocycles. The van der Waals surface area contributed by atoms with E-state index in [-0.39, 0.29) is 11.3 Å². The molecule has 0 heterocycles. The SMILES string of the molecule is COc1ccc(CN(CC(C)(C)C)C(C)=O)cc1OC. The molecule has 0 fully saturated rings. The van der Waals surface area contributed by atoms with Crippen molar-refractivity contribution in [2.45, 2.75) is 34.2 Å². The third-order valence-corrected chi connectivity index (χ3v) is 2.93. The van der Waals surface area contributed by atoms with Crippen LogP contribution in [0.2, 0.25) is 0 Å². The van der Waals surface area contributed by atoms with Gasteiger partial charge in [0.25, 0.3) is 0 Å². The Morgan fingerprint density at radius 3 is 2.20 bits per heavy atom. The van der Waals surface area contributed by atoms with Crippen molar-refractivity contribution >= 4 is 5.91 Å². The van der Waals surface area contributed by atoms with Crippen molar-refractivity contribution in [2.75, 3.05) is 20.8 Å². The lowest BCUT2D eigenvalue weighted by Gasteiger charge is -2.29. The van der Waals surface area contributed by atoms with E-state index in [0.717, 1.165) is 12.1 Å². The molecule has 4 heteroatoms. The molecule has 0 N–H and O–H groups in total. The van der Waals surface area contributed by atoms with Gasteiger partial charge in [-0.05, 0) is 23.1 Å².